The van der Waals surface area contributed by atoms with E-state index in [0.717, 1.165) is 37.4 Å². The summed E-state index contributed by atoms with van der Waals surface area (Å²) < 4.78 is 25.6. The van der Waals surface area contributed by atoms with Crippen molar-refractivity contribution in [2.45, 2.75) is 42.6 Å². The third kappa shape index (κ3) is 3.27. The second-order valence-electron chi connectivity index (χ2n) is 3.22. The summed E-state index contributed by atoms with van der Waals surface area (Å²) >= 11 is 0.764. The first-order valence-corrected chi connectivity index (χ1v) is 5.28. The van der Waals surface area contributed by atoms with Crippen LogP contribution < -0.4 is 5.73 Å². The lowest BCUT2D eigenvalue weighted by Gasteiger charge is -2.24. The standard InChI is InChI=1S/C8H15F2NS/c9-8(10,6-11)12-7-4-2-1-3-5-7/h7H,1-6,11H2. The van der Waals surface area contributed by atoms with Gasteiger partial charge < -0.3 is 5.73 Å². The summed E-state index contributed by atoms with van der Waals surface area (Å²) in [5, 5.41) is -2.57. The smallest absolute Gasteiger partial charge is 0.306 e. The topological polar surface area (TPSA) is 26.0 Å². The molecule has 4 heteroatoms. The van der Waals surface area contributed by atoms with Gasteiger partial charge in [0.05, 0.1) is 6.54 Å². The molecule has 0 saturated heterocycles. The molecular weight excluding hydrogens is 180 g/mol. The zero-order valence-electron chi connectivity index (χ0n) is 7.06. The third-order valence-corrected chi connectivity index (χ3v) is 3.45. The lowest BCUT2D eigenvalue weighted by Crippen LogP contribution is -2.27. The molecule has 0 aromatic rings. The van der Waals surface area contributed by atoms with Crippen molar-refractivity contribution in [2.24, 2.45) is 5.73 Å². The molecule has 1 nitrogen and oxygen atoms in total. The SMILES string of the molecule is NCC(F)(F)SC1CCCCC1. The maximum absolute atomic E-state index is 12.8. The molecule has 0 aliphatic heterocycles. The molecule has 0 amide bonds. The highest BCUT2D eigenvalue weighted by Crippen LogP contribution is 2.38. The van der Waals surface area contributed by atoms with Crippen LogP contribution in [0.1, 0.15) is 32.1 Å². The first-order chi connectivity index (χ1) is 5.64. The molecule has 1 aliphatic rings. The van der Waals surface area contributed by atoms with Crippen molar-refractivity contribution in [2.75, 3.05) is 6.54 Å². The van der Waals surface area contributed by atoms with Crippen molar-refractivity contribution in [1.82, 2.24) is 0 Å². The minimum Gasteiger partial charge on any atom is -0.324 e. The first-order valence-electron chi connectivity index (χ1n) is 4.40. The molecule has 0 spiro atoms. The highest BCUT2D eigenvalue weighted by atomic mass is 32.2. The molecular formula is C8H15F2NS. The summed E-state index contributed by atoms with van der Waals surface area (Å²) in [4.78, 5) is 0. The van der Waals surface area contributed by atoms with Crippen molar-refractivity contribution >= 4 is 11.8 Å². The lowest BCUT2D eigenvalue weighted by atomic mass is 10.0. The van der Waals surface area contributed by atoms with Crippen LogP contribution in [-0.2, 0) is 0 Å². The fourth-order valence-electron chi connectivity index (χ4n) is 1.47. The van der Waals surface area contributed by atoms with E-state index in [1.807, 2.05) is 0 Å². The van der Waals surface area contributed by atoms with E-state index in [2.05, 4.69) is 0 Å². The zero-order valence-corrected chi connectivity index (χ0v) is 7.88. The molecule has 1 fully saturated rings. The molecule has 72 valence electrons. The third-order valence-electron chi connectivity index (χ3n) is 2.13. The van der Waals surface area contributed by atoms with Gasteiger partial charge in [-0.3, -0.25) is 0 Å². The van der Waals surface area contributed by atoms with Crippen LogP contribution in [-0.4, -0.2) is 17.0 Å². The predicted octanol–water partition coefficient (Wildman–Crippen LogP) is 2.60. The van der Waals surface area contributed by atoms with Gasteiger partial charge in [0.1, 0.15) is 0 Å². The molecule has 0 bridgehead atoms. The van der Waals surface area contributed by atoms with Crippen molar-refractivity contribution in [3.05, 3.63) is 0 Å². The van der Waals surface area contributed by atoms with E-state index < -0.39 is 11.8 Å². The second-order valence-corrected chi connectivity index (χ2v) is 4.72. The Kier molecular flexibility index (Phi) is 3.77. The summed E-state index contributed by atoms with van der Waals surface area (Å²) in [6, 6.07) is 0. The molecule has 0 aromatic carbocycles. The van der Waals surface area contributed by atoms with Gasteiger partial charge in [0.15, 0.2) is 0 Å². The molecule has 12 heavy (non-hydrogen) atoms. The number of halogens is 2. The van der Waals surface area contributed by atoms with Crippen LogP contribution in [0, 0.1) is 0 Å². The molecule has 0 radical (unpaired) electrons. The summed E-state index contributed by atoms with van der Waals surface area (Å²) in [5.74, 6) is 0. The second kappa shape index (κ2) is 4.42. The summed E-state index contributed by atoms with van der Waals surface area (Å²) in [5.41, 5.74) is 4.95. The van der Waals surface area contributed by atoms with Crippen LogP contribution in [0.3, 0.4) is 0 Å². The van der Waals surface area contributed by atoms with Crippen LogP contribution in [0.2, 0.25) is 0 Å². The molecule has 0 aromatic heterocycles. The average Bonchev–Trinajstić information content (AvgIpc) is 2.06. The van der Waals surface area contributed by atoms with E-state index in [-0.39, 0.29) is 5.25 Å². The van der Waals surface area contributed by atoms with Crippen molar-refractivity contribution in [3.8, 4) is 0 Å². The van der Waals surface area contributed by atoms with Gasteiger partial charge in [0.25, 0.3) is 0 Å². The number of nitrogens with two attached hydrogens (primary N) is 1. The van der Waals surface area contributed by atoms with Crippen LogP contribution >= 0.6 is 11.8 Å². The van der Waals surface area contributed by atoms with Gasteiger partial charge in [-0.1, -0.05) is 31.0 Å². The largest absolute Gasteiger partial charge is 0.324 e. The van der Waals surface area contributed by atoms with Crippen LogP contribution in [0.4, 0.5) is 8.78 Å². The van der Waals surface area contributed by atoms with Gasteiger partial charge in [-0.2, -0.15) is 8.78 Å². The molecule has 1 aliphatic carbocycles. The molecule has 1 saturated carbocycles. The van der Waals surface area contributed by atoms with Gasteiger partial charge >= 0.3 is 5.25 Å². The maximum atomic E-state index is 12.8. The van der Waals surface area contributed by atoms with Crippen molar-refractivity contribution < 1.29 is 8.78 Å². The lowest BCUT2D eigenvalue weighted by molar-refractivity contribution is 0.115. The van der Waals surface area contributed by atoms with Crippen LogP contribution in [0.5, 0.6) is 0 Å². The van der Waals surface area contributed by atoms with E-state index in [0.29, 0.717) is 0 Å². The van der Waals surface area contributed by atoms with Gasteiger partial charge in [0.2, 0.25) is 0 Å². The van der Waals surface area contributed by atoms with Crippen LogP contribution in [0.25, 0.3) is 0 Å². The minimum absolute atomic E-state index is 0.136. The number of rotatable bonds is 3. The first kappa shape index (κ1) is 10.3. The Hall–Kier alpha value is 0.170. The highest BCUT2D eigenvalue weighted by molar-refractivity contribution is 8.00. The normalized spacial score (nSPS) is 21.2. The molecule has 0 atom stereocenters. The van der Waals surface area contributed by atoms with E-state index >= 15 is 0 Å². The number of hydrogen-bond donors (Lipinski definition) is 1. The maximum Gasteiger partial charge on any atom is 0.306 e. The van der Waals surface area contributed by atoms with E-state index in [1.54, 1.807) is 0 Å². The van der Waals surface area contributed by atoms with Gasteiger partial charge in [-0.25, -0.2) is 0 Å². The fraction of sp³-hybridized carbons (Fsp3) is 1.00. The number of alkyl halides is 2. The quantitative estimate of drug-likeness (QED) is 0.749. The van der Waals surface area contributed by atoms with E-state index in [1.165, 1.54) is 6.42 Å². The van der Waals surface area contributed by atoms with E-state index in [9.17, 15) is 8.78 Å². The van der Waals surface area contributed by atoms with Crippen molar-refractivity contribution in [3.63, 3.8) is 0 Å². The fourth-order valence-corrected chi connectivity index (χ4v) is 2.63. The van der Waals surface area contributed by atoms with E-state index in [4.69, 9.17) is 5.73 Å². The van der Waals surface area contributed by atoms with Crippen molar-refractivity contribution in [1.29, 1.82) is 0 Å². The Balaban J connectivity index is 2.28. The van der Waals surface area contributed by atoms with Gasteiger partial charge in [0, 0.05) is 5.25 Å². The van der Waals surface area contributed by atoms with Crippen LogP contribution in [0.15, 0.2) is 0 Å². The molecule has 0 unspecified atom stereocenters. The molecule has 0 heterocycles. The number of hydrogen-bond acceptors (Lipinski definition) is 2. The summed E-state index contributed by atoms with van der Waals surface area (Å²) in [6.45, 7) is -0.534. The Morgan fingerprint density at radius 2 is 1.83 bits per heavy atom. The number of thioether (sulfide) groups is 1. The molecule has 1 rings (SSSR count). The zero-order chi connectivity index (χ0) is 9.03. The predicted molar refractivity (Wildman–Crippen MR) is 48.5 cm³/mol. The Morgan fingerprint density at radius 3 is 2.33 bits per heavy atom. The highest BCUT2D eigenvalue weighted by Gasteiger charge is 2.32. The Bertz CT molecular complexity index is 135. The monoisotopic (exact) mass is 195 g/mol. The minimum atomic E-state index is -2.71. The molecule has 2 N–H and O–H groups in total. The summed E-state index contributed by atoms with van der Waals surface area (Å²) in [7, 11) is 0. The van der Waals surface area contributed by atoms with Gasteiger partial charge in [-0.15, -0.1) is 0 Å². The Morgan fingerprint density at radius 1 is 1.25 bits per heavy atom. The summed E-state index contributed by atoms with van der Waals surface area (Å²) in [6.07, 6.45) is 5.25. The Labute approximate surface area is 76.1 Å². The van der Waals surface area contributed by atoms with Gasteiger partial charge in [-0.05, 0) is 12.8 Å². The average molecular weight is 195 g/mol.